The normalized spacial score (nSPS) is 22.0. The molecule has 1 saturated carbocycles. The van der Waals surface area contributed by atoms with Crippen molar-refractivity contribution in [1.29, 1.82) is 5.26 Å². The number of hydrogen-bond acceptors (Lipinski definition) is 4. The minimum absolute atomic E-state index is 0.0538. The van der Waals surface area contributed by atoms with Crippen LogP contribution in [0.4, 0.5) is 32.0 Å². The van der Waals surface area contributed by atoms with E-state index >= 15 is 0 Å². The van der Waals surface area contributed by atoms with E-state index < -0.39 is 23.5 Å². The Hall–Kier alpha value is -2.48. The van der Waals surface area contributed by atoms with Gasteiger partial charge in [-0.3, -0.25) is 9.69 Å². The van der Waals surface area contributed by atoms with E-state index in [2.05, 4.69) is 10.2 Å². The largest absolute Gasteiger partial charge is 0.416 e. The second-order valence-electron chi connectivity index (χ2n) is 9.32. The number of nitrogens with one attached hydrogen (secondary N) is 1. The van der Waals surface area contributed by atoms with Gasteiger partial charge >= 0.3 is 12.4 Å². The molecule has 1 aromatic rings. The molecule has 194 valence electrons. The summed E-state index contributed by atoms with van der Waals surface area (Å²) >= 11 is 0. The van der Waals surface area contributed by atoms with E-state index in [0.717, 1.165) is 50.8 Å². The first-order chi connectivity index (χ1) is 16.5. The van der Waals surface area contributed by atoms with Crippen molar-refractivity contribution in [2.24, 2.45) is 5.92 Å². The SMILES string of the molecule is N#CCCC(=O)N[C@H]1CC[C@H](CCN2CCN(c3cc(C(F)(F)F)cc(C(F)(F)F)c3)CC2)CC1. The fourth-order valence-electron chi connectivity index (χ4n) is 4.78. The summed E-state index contributed by atoms with van der Waals surface area (Å²) in [7, 11) is 0. The summed E-state index contributed by atoms with van der Waals surface area (Å²) < 4.78 is 78.9. The monoisotopic (exact) mass is 504 g/mol. The van der Waals surface area contributed by atoms with Crippen molar-refractivity contribution in [2.75, 3.05) is 37.6 Å². The summed E-state index contributed by atoms with van der Waals surface area (Å²) in [6, 6.07) is 3.86. The standard InChI is InChI=1S/C24H30F6N4O/c25-23(26,27)18-14-19(24(28,29)30)16-21(15-18)34-12-10-33(11-13-34)9-7-17-3-5-20(6-4-17)32-22(35)2-1-8-31/h14-17,20H,1-7,9-13H2,(H,32,35)/t17-,20-. The van der Waals surface area contributed by atoms with Gasteiger partial charge in [0.15, 0.2) is 0 Å². The van der Waals surface area contributed by atoms with Crippen molar-refractivity contribution < 1.29 is 31.1 Å². The van der Waals surface area contributed by atoms with Gasteiger partial charge in [-0.25, -0.2) is 0 Å². The third kappa shape index (κ3) is 8.02. The fourth-order valence-corrected chi connectivity index (χ4v) is 4.78. The van der Waals surface area contributed by atoms with Crippen molar-refractivity contribution in [1.82, 2.24) is 10.2 Å². The predicted molar refractivity (Wildman–Crippen MR) is 118 cm³/mol. The molecule has 0 aromatic heterocycles. The zero-order valence-electron chi connectivity index (χ0n) is 19.4. The van der Waals surface area contributed by atoms with Crippen LogP contribution in [0, 0.1) is 17.2 Å². The minimum atomic E-state index is -4.85. The Kier molecular flexibility index (Phi) is 8.91. The molecule has 11 heteroatoms. The molecule has 35 heavy (non-hydrogen) atoms. The van der Waals surface area contributed by atoms with Gasteiger partial charge in [0.2, 0.25) is 5.91 Å². The highest BCUT2D eigenvalue weighted by molar-refractivity contribution is 5.76. The van der Waals surface area contributed by atoms with Crippen LogP contribution in [0.1, 0.15) is 56.1 Å². The summed E-state index contributed by atoms with van der Waals surface area (Å²) in [4.78, 5) is 15.5. The second-order valence-corrected chi connectivity index (χ2v) is 9.32. The van der Waals surface area contributed by atoms with Crippen LogP contribution in [0.5, 0.6) is 0 Å². The van der Waals surface area contributed by atoms with Gasteiger partial charge in [0.25, 0.3) is 0 Å². The lowest BCUT2D eigenvalue weighted by atomic mass is 9.84. The molecular formula is C24H30F6N4O. The third-order valence-corrected chi connectivity index (χ3v) is 6.84. The van der Waals surface area contributed by atoms with E-state index in [-0.39, 0.29) is 36.5 Å². The number of carbonyl (C=O) groups is 1. The first kappa shape index (κ1) is 27.1. The van der Waals surface area contributed by atoms with Crippen LogP contribution < -0.4 is 10.2 Å². The molecule has 0 spiro atoms. The lowest BCUT2D eigenvalue weighted by Crippen LogP contribution is -2.47. The van der Waals surface area contributed by atoms with Crippen LogP contribution in [0.3, 0.4) is 0 Å². The summed E-state index contributed by atoms with van der Waals surface area (Å²) in [5.74, 6) is 0.439. The first-order valence-electron chi connectivity index (χ1n) is 11.9. The van der Waals surface area contributed by atoms with Gasteiger partial charge in [0, 0.05) is 50.7 Å². The Bertz CT molecular complexity index is 862. The van der Waals surface area contributed by atoms with E-state index in [9.17, 15) is 31.1 Å². The molecule has 0 unspecified atom stereocenters. The fraction of sp³-hybridized carbons (Fsp3) is 0.667. The molecule has 1 saturated heterocycles. The number of amides is 1. The molecule has 1 heterocycles. The van der Waals surface area contributed by atoms with Crippen LogP contribution in [0.2, 0.25) is 0 Å². The molecule has 0 atom stereocenters. The highest BCUT2D eigenvalue weighted by atomic mass is 19.4. The molecule has 0 bridgehead atoms. The van der Waals surface area contributed by atoms with Gasteiger partial charge in [0.05, 0.1) is 17.2 Å². The average Bonchev–Trinajstić information content (AvgIpc) is 2.81. The maximum atomic E-state index is 13.2. The van der Waals surface area contributed by atoms with E-state index in [1.807, 2.05) is 6.07 Å². The van der Waals surface area contributed by atoms with Gasteiger partial charge in [-0.05, 0) is 62.8 Å². The molecule has 1 aliphatic carbocycles. The second kappa shape index (κ2) is 11.5. The molecule has 1 aliphatic heterocycles. The molecular weight excluding hydrogens is 474 g/mol. The summed E-state index contributed by atoms with van der Waals surface area (Å²) in [6.45, 7) is 2.69. The van der Waals surface area contributed by atoms with Gasteiger partial charge in [-0.1, -0.05) is 0 Å². The van der Waals surface area contributed by atoms with Crippen molar-refractivity contribution in [3.05, 3.63) is 29.3 Å². The lowest BCUT2D eigenvalue weighted by Gasteiger charge is -2.37. The summed E-state index contributed by atoms with van der Waals surface area (Å²) in [5.41, 5.74) is -2.63. The number of piperazine rings is 1. The molecule has 2 fully saturated rings. The number of halogens is 6. The Morgan fingerprint density at radius 3 is 2.03 bits per heavy atom. The Labute approximate surface area is 201 Å². The predicted octanol–water partition coefficient (Wildman–Crippen LogP) is 5.22. The number of anilines is 1. The smallest absolute Gasteiger partial charge is 0.369 e. The first-order valence-corrected chi connectivity index (χ1v) is 11.9. The van der Waals surface area contributed by atoms with E-state index in [1.165, 1.54) is 0 Å². The van der Waals surface area contributed by atoms with Crippen LogP contribution in [0.15, 0.2) is 18.2 Å². The lowest BCUT2D eigenvalue weighted by molar-refractivity contribution is -0.143. The van der Waals surface area contributed by atoms with Crippen molar-refractivity contribution >= 4 is 11.6 Å². The molecule has 0 radical (unpaired) electrons. The quantitative estimate of drug-likeness (QED) is 0.518. The molecule has 1 N–H and O–H groups in total. The van der Waals surface area contributed by atoms with Gasteiger partial charge in [0.1, 0.15) is 0 Å². The number of carbonyl (C=O) groups excluding carboxylic acids is 1. The molecule has 5 nitrogen and oxygen atoms in total. The Balaban J connectivity index is 1.46. The molecule has 3 rings (SSSR count). The average molecular weight is 505 g/mol. The maximum absolute atomic E-state index is 13.2. The van der Waals surface area contributed by atoms with Gasteiger partial charge < -0.3 is 10.2 Å². The molecule has 1 amide bonds. The number of benzene rings is 1. The van der Waals surface area contributed by atoms with E-state index in [1.54, 1.807) is 4.90 Å². The van der Waals surface area contributed by atoms with Gasteiger partial charge in [-0.2, -0.15) is 31.6 Å². The highest BCUT2D eigenvalue weighted by Gasteiger charge is 2.37. The third-order valence-electron chi connectivity index (χ3n) is 6.84. The summed E-state index contributed by atoms with van der Waals surface area (Å²) in [6.07, 6.45) is -4.52. The number of nitriles is 1. The van der Waals surface area contributed by atoms with E-state index in [4.69, 9.17) is 5.26 Å². The number of rotatable bonds is 7. The number of hydrogen-bond donors (Lipinski definition) is 1. The zero-order valence-corrected chi connectivity index (χ0v) is 19.4. The molecule has 2 aliphatic rings. The van der Waals surface area contributed by atoms with Crippen molar-refractivity contribution in [3.63, 3.8) is 0 Å². The van der Waals surface area contributed by atoms with Crippen LogP contribution in [-0.2, 0) is 17.1 Å². The minimum Gasteiger partial charge on any atom is -0.369 e. The number of nitrogens with zero attached hydrogens (tertiary/aromatic N) is 3. The molecule has 1 aromatic carbocycles. The van der Waals surface area contributed by atoms with E-state index in [0.29, 0.717) is 32.1 Å². The van der Waals surface area contributed by atoms with Crippen LogP contribution >= 0.6 is 0 Å². The Morgan fingerprint density at radius 1 is 0.943 bits per heavy atom. The number of alkyl halides is 6. The summed E-state index contributed by atoms with van der Waals surface area (Å²) in [5, 5.41) is 11.5. The van der Waals surface area contributed by atoms with Gasteiger partial charge in [-0.15, -0.1) is 0 Å². The topological polar surface area (TPSA) is 59.4 Å². The van der Waals surface area contributed by atoms with Crippen molar-refractivity contribution in [2.45, 2.75) is 63.3 Å². The maximum Gasteiger partial charge on any atom is 0.416 e. The highest BCUT2D eigenvalue weighted by Crippen LogP contribution is 2.38. The Morgan fingerprint density at radius 2 is 1.51 bits per heavy atom. The van der Waals surface area contributed by atoms with Crippen LogP contribution in [-0.4, -0.2) is 49.6 Å². The van der Waals surface area contributed by atoms with Crippen LogP contribution in [0.25, 0.3) is 0 Å². The van der Waals surface area contributed by atoms with Crippen molar-refractivity contribution in [3.8, 4) is 6.07 Å². The zero-order chi connectivity index (χ0) is 25.6.